The number of nitrogens with zero attached hydrogens (tertiary/aromatic N) is 1. The van der Waals surface area contributed by atoms with Crippen molar-refractivity contribution in [2.75, 3.05) is 23.3 Å². The van der Waals surface area contributed by atoms with Crippen molar-refractivity contribution in [3.05, 3.63) is 58.7 Å². The van der Waals surface area contributed by atoms with E-state index < -0.39 is 35.0 Å². The van der Waals surface area contributed by atoms with Gasteiger partial charge in [0.25, 0.3) is 5.91 Å². The minimum absolute atomic E-state index is 0.0130. The van der Waals surface area contributed by atoms with Gasteiger partial charge in [0.2, 0.25) is 0 Å². The molecule has 2 aromatic carbocycles. The zero-order valence-electron chi connectivity index (χ0n) is 16.0. The van der Waals surface area contributed by atoms with Gasteiger partial charge in [0.1, 0.15) is 0 Å². The number of benzene rings is 2. The lowest BCUT2D eigenvalue weighted by Crippen LogP contribution is -2.22. The summed E-state index contributed by atoms with van der Waals surface area (Å²) in [6, 6.07) is 5.88. The molecule has 1 amide bonds. The Morgan fingerprint density at radius 2 is 1.41 bits per heavy atom. The van der Waals surface area contributed by atoms with E-state index in [9.17, 15) is 31.1 Å². The zero-order valence-corrected chi connectivity index (χ0v) is 16.0. The first-order valence-corrected chi connectivity index (χ1v) is 8.83. The average molecular weight is 418 g/mol. The predicted molar refractivity (Wildman–Crippen MR) is 99.1 cm³/mol. The number of aryl methyl sites for hydroxylation is 1. The topological polar surface area (TPSA) is 32.3 Å². The molecule has 9 heteroatoms. The molecule has 0 aliphatic carbocycles. The van der Waals surface area contributed by atoms with Crippen LogP contribution in [0.15, 0.2) is 36.4 Å². The van der Waals surface area contributed by atoms with Crippen LogP contribution < -0.4 is 10.2 Å². The van der Waals surface area contributed by atoms with E-state index in [-0.39, 0.29) is 6.07 Å². The van der Waals surface area contributed by atoms with Crippen LogP contribution in [0, 0.1) is 6.92 Å². The van der Waals surface area contributed by atoms with Gasteiger partial charge in [-0.15, -0.1) is 0 Å². The number of hydrogen-bond acceptors (Lipinski definition) is 2. The zero-order chi connectivity index (χ0) is 22.0. The summed E-state index contributed by atoms with van der Waals surface area (Å²) in [6.07, 6.45) is -10.0. The molecule has 0 heterocycles. The van der Waals surface area contributed by atoms with E-state index in [1.807, 2.05) is 13.8 Å². The third kappa shape index (κ3) is 5.42. The average Bonchev–Trinajstić information content (AvgIpc) is 2.63. The molecule has 0 aromatic heterocycles. The number of anilines is 2. The molecule has 0 atom stereocenters. The monoisotopic (exact) mass is 418 g/mol. The number of halogens is 6. The molecule has 0 aliphatic rings. The molecule has 1 N–H and O–H groups in total. The Bertz CT molecular complexity index is 853. The van der Waals surface area contributed by atoms with E-state index in [1.54, 1.807) is 25.1 Å². The van der Waals surface area contributed by atoms with E-state index in [4.69, 9.17) is 0 Å². The van der Waals surface area contributed by atoms with Crippen LogP contribution in [0.1, 0.15) is 40.9 Å². The fourth-order valence-electron chi connectivity index (χ4n) is 2.85. The number of alkyl halides is 6. The van der Waals surface area contributed by atoms with E-state index in [0.717, 1.165) is 18.8 Å². The second kappa shape index (κ2) is 8.34. The minimum atomic E-state index is -5.02. The maximum absolute atomic E-state index is 13.0. The van der Waals surface area contributed by atoms with Gasteiger partial charge in [-0.3, -0.25) is 4.79 Å². The number of hydrogen-bond donors (Lipinski definition) is 1. The van der Waals surface area contributed by atoms with Crippen LogP contribution in [0.5, 0.6) is 0 Å². The highest BCUT2D eigenvalue weighted by molar-refractivity contribution is 6.05. The van der Waals surface area contributed by atoms with Gasteiger partial charge in [0.15, 0.2) is 0 Å². The largest absolute Gasteiger partial charge is 0.416 e. The standard InChI is InChI=1S/C20H20F6N2O/c1-4-28(5-2)16-6-7-17(12(3)8-16)27-18(29)13-9-14(19(21,22)23)11-15(10-13)20(24,25)26/h6-11H,4-5H2,1-3H3,(H,27,29). The summed E-state index contributed by atoms with van der Waals surface area (Å²) in [5.74, 6) is -1.06. The quantitative estimate of drug-likeness (QED) is 0.593. The van der Waals surface area contributed by atoms with Crippen molar-refractivity contribution in [1.29, 1.82) is 0 Å². The molecule has 0 radical (unpaired) electrons. The SMILES string of the molecule is CCN(CC)c1ccc(NC(=O)c2cc(C(F)(F)F)cc(C(F)(F)F)c2)c(C)c1. The lowest BCUT2D eigenvalue weighted by Gasteiger charge is -2.22. The number of carbonyl (C=O) groups is 1. The van der Waals surface area contributed by atoms with Gasteiger partial charge in [0, 0.05) is 30.0 Å². The first kappa shape index (κ1) is 22.6. The number of rotatable bonds is 5. The highest BCUT2D eigenvalue weighted by Gasteiger charge is 2.37. The third-order valence-corrected chi connectivity index (χ3v) is 4.44. The summed E-state index contributed by atoms with van der Waals surface area (Å²) in [4.78, 5) is 14.5. The molecule has 0 unspecified atom stereocenters. The Morgan fingerprint density at radius 3 is 1.83 bits per heavy atom. The molecule has 0 saturated heterocycles. The van der Waals surface area contributed by atoms with Gasteiger partial charge >= 0.3 is 12.4 Å². The van der Waals surface area contributed by atoms with E-state index >= 15 is 0 Å². The van der Waals surface area contributed by atoms with Crippen molar-refractivity contribution >= 4 is 17.3 Å². The molecule has 0 aliphatic heterocycles. The second-order valence-electron chi connectivity index (χ2n) is 6.42. The van der Waals surface area contributed by atoms with Crippen LogP contribution in [0.3, 0.4) is 0 Å². The maximum Gasteiger partial charge on any atom is 0.416 e. The van der Waals surface area contributed by atoms with E-state index in [1.165, 1.54) is 0 Å². The molecule has 0 bridgehead atoms. The minimum Gasteiger partial charge on any atom is -0.372 e. The molecular weight excluding hydrogens is 398 g/mol. The van der Waals surface area contributed by atoms with Gasteiger partial charge in [-0.1, -0.05) is 0 Å². The fourth-order valence-corrected chi connectivity index (χ4v) is 2.85. The Balaban J connectivity index is 2.38. The van der Waals surface area contributed by atoms with E-state index in [0.29, 0.717) is 23.4 Å². The molecular formula is C20H20F6N2O. The van der Waals surface area contributed by atoms with Crippen molar-refractivity contribution in [2.45, 2.75) is 33.1 Å². The Hall–Kier alpha value is -2.71. The molecule has 2 aromatic rings. The Labute approximate surface area is 164 Å². The summed E-state index contributed by atoms with van der Waals surface area (Å²) >= 11 is 0. The summed E-state index contributed by atoms with van der Waals surface area (Å²) in [5, 5.41) is 2.39. The summed E-state index contributed by atoms with van der Waals surface area (Å²) in [6.45, 7) is 7.15. The van der Waals surface area contributed by atoms with Gasteiger partial charge in [-0.05, 0) is 62.7 Å². The fraction of sp³-hybridized carbons (Fsp3) is 0.350. The van der Waals surface area contributed by atoms with Crippen LogP contribution in [0.2, 0.25) is 0 Å². The summed E-state index contributed by atoms with van der Waals surface area (Å²) < 4.78 is 77.8. The molecule has 158 valence electrons. The first-order chi connectivity index (χ1) is 13.4. The summed E-state index contributed by atoms with van der Waals surface area (Å²) in [7, 11) is 0. The van der Waals surface area contributed by atoms with Gasteiger partial charge in [-0.2, -0.15) is 26.3 Å². The molecule has 0 spiro atoms. The van der Waals surface area contributed by atoms with E-state index in [2.05, 4.69) is 10.2 Å². The van der Waals surface area contributed by atoms with Crippen molar-refractivity contribution in [3.63, 3.8) is 0 Å². The second-order valence-corrected chi connectivity index (χ2v) is 6.42. The van der Waals surface area contributed by atoms with Gasteiger partial charge in [0.05, 0.1) is 11.1 Å². The summed E-state index contributed by atoms with van der Waals surface area (Å²) in [5.41, 5.74) is -1.97. The molecule has 2 rings (SSSR count). The number of nitrogens with one attached hydrogen (secondary N) is 1. The third-order valence-electron chi connectivity index (χ3n) is 4.44. The molecule has 0 saturated carbocycles. The highest BCUT2D eigenvalue weighted by Crippen LogP contribution is 2.36. The maximum atomic E-state index is 13.0. The molecule has 3 nitrogen and oxygen atoms in total. The van der Waals surface area contributed by atoms with Crippen LogP contribution in [0.25, 0.3) is 0 Å². The molecule has 0 fully saturated rings. The van der Waals surface area contributed by atoms with Crippen molar-refractivity contribution in [3.8, 4) is 0 Å². The van der Waals surface area contributed by atoms with Crippen molar-refractivity contribution in [1.82, 2.24) is 0 Å². The Kier molecular flexibility index (Phi) is 6.50. The first-order valence-electron chi connectivity index (χ1n) is 8.83. The smallest absolute Gasteiger partial charge is 0.372 e. The lowest BCUT2D eigenvalue weighted by molar-refractivity contribution is -0.143. The van der Waals surface area contributed by atoms with Crippen molar-refractivity contribution < 1.29 is 31.1 Å². The number of carbonyl (C=O) groups excluding carboxylic acids is 1. The highest BCUT2D eigenvalue weighted by atomic mass is 19.4. The van der Waals surface area contributed by atoms with Crippen LogP contribution in [0.4, 0.5) is 37.7 Å². The lowest BCUT2D eigenvalue weighted by atomic mass is 10.0. The number of amides is 1. The van der Waals surface area contributed by atoms with Crippen LogP contribution in [-0.2, 0) is 12.4 Å². The normalized spacial score (nSPS) is 12.0. The van der Waals surface area contributed by atoms with Gasteiger partial charge in [-0.25, -0.2) is 0 Å². The van der Waals surface area contributed by atoms with Crippen LogP contribution >= 0.6 is 0 Å². The molecule has 29 heavy (non-hydrogen) atoms. The van der Waals surface area contributed by atoms with Crippen molar-refractivity contribution in [2.24, 2.45) is 0 Å². The predicted octanol–water partition coefficient (Wildman–Crippen LogP) is 6.13. The Morgan fingerprint density at radius 1 is 0.897 bits per heavy atom. The van der Waals surface area contributed by atoms with Crippen LogP contribution in [-0.4, -0.2) is 19.0 Å². The van der Waals surface area contributed by atoms with Gasteiger partial charge < -0.3 is 10.2 Å².